The summed E-state index contributed by atoms with van der Waals surface area (Å²) in [5.41, 5.74) is 0.531. The molecule has 0 aromatic carbocycles. The number of aromatic nitrogens is 6. The van der Waals surface area contributed by atoms with E-state index in [1.165, 1.54) is 10.8 Å². The summed E-state index contributed by atoms with van der Waals surface area (Å²) in [4.78, 5) is 15.4. The van der Waals surface area contributed by atoms with E-state index in [4.69, 9.17) is 0 Å². The lowest BCUT2D eigenvalue weighted by atomic mass is 9.96. The quantitative estimate of drug-likeness (QED) is 0.529. The van der Waals surface area contributed by atoms with Crippen molar-refractivity contribution in [1.82, 2.24) is 29.6 Å². The highest BCUT2D eigenvalue weighted by atomic mass is 32.2. The lowest BCUT2D eigenvalue weighted by molar-refractivity contribution is -0.393. The zero-order chi connectivity index (χ0) is 16.5. The van der Waals surface area contributed by atoms with Gasteiger partial charge >= 0.3 is 5.82 Å². The van der Waals surface area contributed by atoms with Crippen molar-refractivity contribution in [3.8, 4) is 0 Å². The number of rotatable bonds is 4. The summed E-state index contributed by atoms with van der Waals surface area (Å²) in [7, 11) is 0. The molecule has 124 valence electrons. The Bertz CT molecular complexity index is 884. The molecule has 3 aromatic rings. The minimum absolute atomic E-state index is 0.0613. The number of nitrogens with zero attached hydrogens (tertiary/aromatic N) is 7. The maximum Gasteiger partial charge on any atom is 0.362 e. The van der Waals surface area contributed by atoms with Crippen LogP contribution < -0.4 is 0 Å². The largest absolute Gasteiger partial charge is 0.362 e. The van der Waals surface area contributed by atoms with Crippen LogP contribution in [-0.4, -0.2) is 34.5 Å². The third kappa shape index (κ3) is 2.62. The SMILES string of the molecule is O=[N+]([O-])c1c(Sc2nnnn2C2CCCCC2)nc2ccccn12. The molecule has 0 spiro atoms. The molecular weight excluding hydrogens is 330 g/mol. The lowest BCUT2D eigenvalue weighted by Crippen LogP contribution is -2.15. The van der Waals surface area contributed by atoms with Crippen LogP contribution in [-0.2, 0) is 0 Å². The molecule has 0 bridgehead atoms. The van der Waals surface area contributed by atoms with Gasteiger partial charge in [0.15, 0.2) is 0 Å². The highest BCUT2D eigenvalue weighted by Crippen LogP contribution is 2.36. The molecule has 1 saturated carbocycles. The molecule has 0 radical (unpaired) electrons. The van der Waals surface area contributed by atoms with Crippen LogP contribution in [0.5, 0.6) is 0 Å². The number of pyridine rings is 1. The van der Waals surface area contributed by atoms with E-state index in [0.717, 1.165) is 37.4 Å². The Morgan fingerprint density at radius 1 is 1.25 bits per heavy atom. The molecule has 3 aromatic heterocycles. The van der Waals surface area contributed by atoms with Crippen molar-refractivity contribution < 1.29 is 4.92 Å². The first-order chi connectivity index (χ1) is 11.7. The Kier molecular flexibility index (Phi) is 3.89. The maximum atomic E-state index is 11.5. The Morgan fingerprint density at radius 2 is 2.08 bits per heavy atom. The van der Waals surface area contributed by atoms with Gasteiger partial charge in [0, 0.05) is 6.07 Å². The van der Waals surface area contributed by atoms with Crippen molar-refractivity contribution in [1.29, 1.82) is 0 Å². The molecule has 3 heterocycles. The summed E-state index contributed by atoms with van der Waals surface area (Å²) in [5, 5.41) is 24.2. The van der Waals surface area contributed by atoms with Gasteiger partial charge in [-0.25, -0.2) is 4.68 Å². The predicted octanol–water partition coefficient (Wildman–Crippen LogP) is 2.89. The van der Waals surface area contributed by atoms with Crippen LogP contribution in [0.2, 0.25) is 0 Å². The Labute approximate surface area is 141 Å². The van der Waals surface area contributed by atoms with Crippen LogP contribution >= 0.6 is 11.8 Å². The van der Waals surface area contributed by atoms with Gasteiger partial charge in [-0.3, -0.25) is 0 Å². The van der Waals surface area contributed by atoms with Gasteiger partial charge in [0.2, 0.25) is 15.8 Å². The molecule has 0 unspecified atom stereocenters. The van der Waals surface area contributed by atoms with Crippen molar-refractivity contribution in [3.63, 3.8) is 0 Å². The van der Waals surface area contributed by atoms with Crippen molar-refractivity contribution in [2.24, 2.45) is 0 Å². The molecule has 0 saturated heterocycles. The third-order valence-corrected chi connectivity index (χ3v) is 5.14. The van der Waals surface area contributed by atoms with Crippen molar-refractivity contribution in [3.05, 3.63) is 34.5 Å². The second-order valence-electron chi connectivity index (χ2n) is 5.73. The van der Waals surface area contributed by atoms with Gasteiger partial charge in [-0.1, -0.05) is 25.3 Å². The van der Waals surface area contributed by atoms with E-state index in [1.54, 1.807) is 29.1 Å². The number of imidazole rings is 1. The fourth-order valence-electron chi connectivity index (χ4n) is 3.09. The molecule has 4 rings (SSSR count). The average molecular weight is 345 g/mol. The summed E-state index contributed by atoms with van der Waals surface area (Å²) < 4.78 is 3.26. The molecule has 1 aliphatic rings. The molecule has 9 nitrogen and oxygen atoms in total. The second-order valence-corrected chi connectivity index (χ2v) is 6.68. The van der Waals surface area contributed by atoms with Crippen LogP contribution in [0.15, 0.2) is 34.6 Å². The van der Waals surface area contributed by atoms with Crippen LogP contribution in [0.3, 0.4) is 0 Å². The minimum atomic E-state index is -0.420. The molecule has 0 amide bonds. The molecular formula is C14H15N7O2S. The van der Waals surface area contributed by atoms with Crippen LogP contribution in [0.1, 0.15) is 38.1 Å². The third-order valence-electron chi connectivity index (χ3n) is 4.22. The molecule has 1 aliphatic carbocycles. The zero-order valence-corrected chi connectivity index (χ0v) is 13.6. The first-order valence-corrected chi connectivity index (χ1v) is 8.63. The van der Waals surface area contributed by atoms with E-state index in [-0.39, 0.29) is 11.9 Å². The van der Waals surface area contributed by atoms with Crippen LogP contribution in [0.25, 0.3) is 5.65 Å². The van der Waals surface area contributed by atoms with E-state index >= 15 is 0 Å². The average Bonchev–Trinajstić information content (AvgIpc) is 3.19. The summed E-state index contributed by atoms with van der Waals surface area (Å²) in [6, 6.07) is 5.53. The monoisotopic (exact) mass is 345 g/mol. The Morgan fingerprint density at radius 3 is 2.88 bits per heavy atom. The van der Waals surface area contributed by atoms with Crippen LogP contribution in [0.4, 0.5) is 5.82 Å². The fourth-order valence-corrected chi connectivity index (χ4v) is 4.02. The summed E-state index contributed by atoms with van der Waals surface area (Å²) in [6.07, 6.45) is 7.25. The first-order valence-electron chi connectivity index (χ1n) is 7.81. The van der Waals surface area contributed by atoms with E-state index in [1.807, 2.05) is 0 Å². The molecule has 0 atom stereocenters. The summed E-state index contributed by atoms with van der Waals surface area (Å²) in [6.45, 7) is 0. The van der Waals surface area contributed by atoms with Gasteiger partial charge in [0.1, 0.15) is 0 Å². The van der Waals surface area contributed by atoms with E-state index in [2.05, 4.69) is 20.5 Å². The smallest absolute Gasteiger partial charge is 0.358 e. The van der Waals surface area contributed by atoms with Crippen molar-refractivity contribution >= 4 is 23.2 Å². The highest BCUT2D eigenvalue weighted by molar-refractivity contribution is 7.99. The lowest BCUT2D eigenvalue weighted by Gasteiger charge is -2.21. The Hall–Kier alpha value is -2.49. The Balaban J connectivity index is 1.71. The van der Waals surface area contributed by atoms with Gasteiger partial charge in [-0.15, -0.1) is 5.10 Å². The molecule has 0 N–H and O–H groups in total. The van der Waals surface area contributed by atoms with E-state index in [0.29, 0.717) is 15.8 Å². The van der Waals surface area contributed by atoms with Crippen molar-refractivity contribution in [2.45, 2.75) is 48.3 Å². The number of hydrogen-bond acceptors (Lipinski definition) is 7. The van der Waals surface area contributed by atoms with Gasteiger partial charge < -0.3 is 10.1 Å². The van der Waals surface area contributed by atoms with Gasteiger partial charge in [-0.05, 0) is 46.0 Å². The number of nitro groups is 1. The molecule has 10 heteroatoms. The second kappa shape index (κ2) is 6.19. The van der Waals surface area contributed by atoms with Crippen molar-refractivity contribution in [2.75, 3.05) is 0 Å². The minimum Gasteiger partial charge on any atom is -0.358 e. The van der Waals surface area contributed by atoms with Gasteiger partial charge in [-0.2, -0.15) is 9.38 Å². The molecule has 1 fully saturated rings. The zero-order valence-electron chi connectivity index (χ0n) is 12.8. The number of tetrazole rings is 1. The summed E-state index contributed by atoms with van der Waals surface area (Å²) >= 11 is 1.15. The summed E-state index contributed by atoms with van der Waals surface area (Å²) in [5.74, 6) is -0.0613. The molecule has 0 aliphatic heterocycles. The van der Waals surface area contributed by atoms with Gasteiger partial charge in [0.25, 0.3) is 0 Å². The normalized spacial score (nSPS) is 15.8. The fraction of sp³-hybridized carbons (Fsp3) is 0.429. The standard InChI is InChI=1S/C14H15N7O2S/c22-21(23)13-12(15-11-8-4-5-9-19(11)13)24-14-16-17-18-20(14)10-6-2-1-3-7-10/h4-5,8-10H,1-3,6-7H2. The van der Waals surface area contributed by atoms with Gasteiger partial charge in [0.05, 0.1) is 12.2 Å². The number of fused-ring (bicyclic) bond motifs is 1. The number of hydrogen-bond donors (Lipinski definition) is 0. The maximum absolute atomic E-state index is 11.5. The van der Waals surface area contributed by atoms with E-state index < -0.39 is 4.92 Å². The topological polar surface area (TPSA) is 104 Å². The van der Waals surface area contributed by atoms with E-state index in [9.17, 15) is 10.1 Å². The molecule has 24 heavy (non-hydrogen) atoms. The first kappa shape index (κ1) is 15.1. The highest BCUT2D eigenvalue weighted by Gasteiger charge is 2.27. The predicted molar refractivity (Wildman–Crippen MR) is 85.9 cm³/mol. The van der Waals surface area contributed by atoms with Crippen LogP contribution in [0, 0.1) is 10.1 Å².